The van der Waals surface area contributed by atoms with Crippen LogP contribution in [0.25, 0.3) is 0 Å². The molecule has 114 valence electrons. The van der Waals surface area contributed by atoms with Crippen molar-refractivity contribution in [2.24, 2.45) is 5.73 Å². The number of aryl methyl sites for hydroxylation is 1. The number of sulfonamides is 1. The van der Waals surface area contributed by atoms with E-state index < -0.39 is 15.8 Å². The number of hydrogen-bond acceptors (Lipinski definition) is 4. The normalized spacial score (nSPS) is 12.0. The van der Waals surface area contributed by atoms with Crippen molar-refractivity contribution in [3.63, 3.8) is 0 Å². The fourth-order valence-corrected chi connectivity index (χ4v) is 3.11. The van der Waals surface area contributed by atoms with Crippen LogP contribution in [-0.4, -0.2) is 19.8 Å². The van der Waals surface area contributed by atoms with Crippen LogP contribution in [0, 0.1) is 12.7 Å². The summed E-state index contributed by atoms with van der Waals surface area (Å²) in [6.07, 6.45) is 0. The van der Waals surface area contributed by atoms with Crippen molar-refractivity contribution in [2.75, 3.05) is 7.05 Å². The molecule has 21 heavy (non-hydrogen) atoms. The molecule has 0 spiro atoms. The highest BCUT2D eigenvalue weighted by atomic mass is 32.2. The molecule has 0 bridgehead atoms. The van der Waals surface area contributed by atoms with E-state index in [1.54, 1.807) is 19.1 Å². The summed E-state index contributed by atoms with van der Waals surface area (Å²) in [4.78, 5) is 0.00938. The highest BCUT2D eigenvalue weighted by Gasteiger charge is 2.22. The molecule has 0 aliphatic carbocycles. The Bertz CT molecular complexity index is 740. The Kier molecular flexibility index (Phi) is 4.46. The lowest BCUT2D eigenvalue weighted by Crippen LogP contribution is -2.26. The van der Waals surface area contributed by atoms with Crippen molar-refractivity contribution < 1.29 is 17.2 Å². The standard InChI is InChI=1S/C14H17FN2O3S/c1-10-3-4-12(20-10)9-17(2)21(18,19)13-5-6-14(15)11(7-13)8-16/h3-7H,8-9,16H2,1-2H3. The monoisotopic (exact) mass is 312 g/mol. The highest BCUT2D eigenvalue weighted by Crippen LogP contribution is 2.20. The molecule has 0 radical (unpaired) electrons. The zero-order chi connectivity index (χ0) is 15.6. The average molecular weight is 312 g/mol. The van der Waals surface area contributed by atoms with E-state index in [1.165, 1.54) is 19.2 Å². The number of benzene rings is 1. The number of hydrogen-bond donors (Lipinski definition) is 1. The largest absolute Gasteiger partial charge is 0.465 e. The predicted octanol–water partition coefficient (Wildman–Crippen LogP) is 2.01. The summed E-state index contributed by atoms with van der Waals surface area (Å²) in [5, 5.41) is 0. The van der Waals surface area contributed by atoms with Gasteiger partial charge in [0, 0.05) is 19.2 Å². The van der Waals surface area contributed by atoms with Crippen molar-refractivity contribution in [1.82, 2.24) is 4.31 Å². The van der Waals surface area contributed by atoms with E-state index in [9.17, 15) is 12.8 Å². The third-order valence-corrected chi connectivity index (χ3v) is 4.92. The van der Waals surface area contributed by atoms with Crippen LogP contribution in [0.1, 0.15) is 17.1 Å². The Morgan fingerprint density at radius 1 is 1.29 bits per heavy atom. The second kappa shape index (κ2) is 5.97. The van der Waals surface area contributed by atoms with Crippen LogP contribution in [0.5, 0.6) is 0 Å². The molecule has 1 aromatic heterocycles. The van der Waals surface area contributed by atoms with Gasteiger partial charge in [0.05, 0.1) is 11.4 Å². The van der Waals surface area contributed by atoms with E-state index in [1.807, 2.05) is 0 Å². The minimum Gasteiger partial charge on any atom is -0.465 e. The molecule has 0 saturated carbocycles. The summed E-state index contributed by atoms with van der Waals surface area (Å²) in [5.74, 6) is 0.739. The van der Waals surface area contributed by atoms with Gasteiger partial charge in [-0.05, 0) is 37.3 Å². The molecule has 7 heteroatoms. The summed E-state index contributed by atoms with van der Waals surface area (Å²) in [6, 6.07) is 7.08. The van der Waals surface area contributed by atoms with Gasteiger partial charge in [-0.2, -0.15) is 4.31 Å². The molecule has 0 aliphatic rings. The maximum absolute atomic E-state index is 13.4. The van der Waals surface area contributed by atoms with Gasteiger partial charge >= 0.3 is 0 Å². The van der Waals surface area contributed by atoms with E-state index in [2.05, 4.69) is 0 Å². The number of furan rings is 1. The van der Waals surface area contributed by atoms with Gasteiger partial charge in [0.1, 0.15) is 17.3 Å². The molecular weight excluding hydrogens is 295 g/mol. The van der Waals surface area contributed by atoms with Crippen molar-refractivity contribution in [3.8, 4) is 0 Å². The lowest BCUT2D eigenvalue weighted by Gasteiger charge is -2.16. The molecule has 2 N–H and O–H groups in total. The van der Waals surface area contributed by atoms with Crippen LogP contribution >= 0.6 is 0 Å². The Balaban J connectivity index is 2.28. The molecule has 0 unspecified atom stereocenters. The van der Waals surface area contributed by atoms with Crippen LogP contribution in [0.15, 0.2) is 39.6 Å². The van der Waals surface area contributed by atoms with E-state index in [4.69, 9.17) is 10.2 Å². The Hall–Kier alpha value is -1.70. The minimum absolute atomic E-state index is 0.00938. The summed E-state index contributed by atoms with van der Waals surface area (Å²) >= 11 is 0. The fraction of sp³-hybridized carbons (Fsp3) is 0.286. The van der Waals surface area contributed by atoms with Gasteiger partial charge in [-0.15, -0.1) is 0 Å². The van der Waals surface area contributed by atoms with Gasteiger partial charge in [-0.3, -0.25) is 0 Å². The zero-order valence-electron chi connectivity index (χ0n) is 11.8. The van der Waals surface area contributed by atoms with Crippen molar-refractivity contribution in [2.45, 2.75) is 24.9 Å². The molecule has 1 aromatic carbocycles. The molecule has 1 heterocycles. The van der Waals surface area contributed by atoms with Crippen LogP contribution in [0.3, 0.4) is 0 Å². The SMILES string of the molecule is Cc1ccc(CN(C)S(=O)(=O)c2ccc(F)c(CN)c2)o1. The van der Waals surface area contributed by atoms with Gasteiger partial charge in [-0.1, -0.05) is 0 Å². The summed E-state index contributed by atoms with van der Waals surface area (Å²) in [6.45, 7) is 1.83. The Morgan fingerprint density at radius 2 is 2.00 bits per heavy atom. The fourth-order valence-electron chi connectivity index (χ4n) is 1.92. The molecular formula is C14H17FN2O3S. The summed E-state index contributed by atoms with van der Waals surface area (Å²) in [5.41, 5.74) is 5.57. The van der Waals surface area contributed by atoms with Gasteiger partial charge in [0.25, 0.3) is 0 Å². The first-order chi connectivity index (χ1) is 9.84. The first kappa shape index (κ1) is 15.7. The summed E-state index contributed by atoms with van der Waals surface area (Å²) in [7, 11) is -2.28. The second-order valence-corrected chi connectivity index (χ2v) is 6.78. The van der Waals surface area contributed by atoms with Crippen molar-refractivity contribution in [3.05, 3.63) is 53.2 Å². The van der Waals surface area contributed by atoms with E-state index in [-0.39, 0.29) is 23.5 Å². The smallest absolute Gasteiger partial charge is 0.243 e. The van der Waals surface area contributed by atoms with Gasteiger partial charge < -0.3 is 10.2 Å². The van der Waals surface area contributed by atoms with E-state index >= 15 is 0 Å². The topological polar surface area (TPSA) is 76.5 Å². The third-order valence-electron chi connectivity index (χ3n) is 3.12. The maximum Gasteiger partial charge on any atom is 0.243 e. The highest BCUT2D eigenvalue weighted by molar-refractivity contribution is 7.89. The first-order valence-corrected chi connectivity index (χ1v) is 7.78. The molecule has 0 fully saturated rings. The Labute approximate surface area is 123 Å². The summed E-state index contributed by atoms with van der Waals surface area (Å²) < 4.78 is 44.8. The second-order valence-electron chi connectivity index (χ2n) is 4.73. The lowest BCUT2D eigenvalue weighted by molar-refractivity contribution is 0.397. The quantitative estimate of drug-likeness (QED) is 0.916. The van der Waals surface area contributed by atoms with Crippen LogP contribution < -0.4 is 5.73 Å². The van der Waals surface area contributed by atoms with E-state index in [0.29, 0.717) is 11.5 Å². The molecule has 5 nitrogen and oxygen atoms in total. The zero-order valence-corrected chi connectivity index (χ0v) is 12.7. The van der Waals surface area contributed by atoms with Gasteiger partial charge in [0.2, 0.25) is 10.0 Å². The maximum atomic E-state index is 13.4. The Morgan fingerprint density at radius 3 is 2.57 bits per heavy atom. The van der Waals surface area contributed by atoms with Gasteiger partial charge in [0.15, 0.2) is 0 Å². The van der Waals surface area contributed by atoms with Gasteiger partial charge in [-0.25, -0.2) is 12.8 Å². The molecule has 0 saturated heterocycles. The van der Waals surface area contributed by atoms with Crippen molar-refractivity contribution in [1.29, 1.82) is 0 Å². The van der Waals surface area contributed by atoms with E-state index in [0.717, 1.165) is 10.4 Å². The number of halogens is 1. The lowest BCUT2D eigenvalue weighted by atomic mass is 10.2. The average Bonchev–Trinajstić information content (AvgIpc) is 2.84. The first-order valence-electron chi connectivity index (χ1n) is 6.34. The number of rotatable bonds is 5. The van der Waals surface area contributed by atoms with Crippen LogP contribution in [0.2, 0.25) is 0 Å². The number of nitrogens with zero attached hydrogens (tertiary/aromatic N) is 1. The van der Waals surface area contributed by atoms with Crippen LogP contribution in [-0.2, 0) is 23.1 Å². The molecule has 0 amide bonds. The molecule has 0 atom stereocenters. The predicted molar refractivity (Wildman–Crippen MR) is 76.4 cm³/mol. The van der Waals surface area contributed by atoms with Crippen molar-refractivity contribution >= 4 is 10.0 Å². The third kappa shape index (κ3) is 3.31. The number of nitrogens with two attached hydrogens (primary N) is 1. The molecule has 2 aromatic rings. The molecule has 2 rings (SSSR count). The minimum atomic E-state index is -3.73. The molecule has 0 aliphatic heterocycles. The van der Waals surface area contributed by atoms with Crippen LogP contribution in [0.4, 0.5) is 4.39 Å².